The van der Waals surface area contributed by atoms with Crippen LogP contribution in [0.4, 0.5) is 0 Å². The van der Waals surface area contributed by atoms with Gasteiger partial charge in [-0.05, 0) is 12.8 Å². The Bertz CT molecular complexity index is 702. The molecule has 0 aromatic rings. The molecule has 0 bridgehead atoms. The topological polar surface area (TPSA) is 121 Å². The lowest BCUT2D eigenvalue weighted by molar-refractivity contribution is -0.186. The van der Waals surface area contributed by atoms with Crippen molar-refractivity contribution in [2.75, 3.05) is 12.8 Å². The summed E-state index contributed by atoms with van der Waals surface area (Å²) in [4.78, 5) is 25.5. The van der Waals surface area contributed by atoms with E-state index in [2.05, 4.69) is 13.8 Å². The lowest BCUT2D eigenvalue weighted by Crippen LogP contribution is -2.41. The molecule has 44 heavy (non-hydrogen) atoms. The third kappa shape index (κ3) is 24.4. The van der Waals surface area contributed by atoms with Crippen molar-refractivity contribution < 1.29 is 34.2 Å². The highest BCUT2D eigenvalue weighted by Gasteiger charge is 2.58. The van der Waals surface area contributed by atoms with E-state index in [4.69, 9.17) is 9.84 Å². The lowest BCUT2D eigenvalue weighted by Gasteiger charge is -2.18. The number of hydrogen-bond donors (Lipinski definition) is 3. The summed E-state index contributed by atoms with van der Waals surface area (Å²) in [5.41, 5.74) is -2.75. The van der Waals surface area contributed by atoms with Crippen LogP contribution < -0.4 is 0 Å². The predicted octanol–water partition coefficient (Wildman–Crippen LogP) is 9.89. The molecule has 7 nitrogen and oxygen atoms in total. The van der Waals surface area contributed by atoms with Gasteiger partial charge in [-0.3, -0.25) is 9.59 Å². The van der Waals surface area contributed by atoms with E-state index in [9.17, 15) is 24.4 Å². The zero-order valence-corrected chi connectivity index (χ0v) is 29.6. The summed E-state index contributed by atoms with van der Waals surface area (Å²) in [6, 6.07) is 0. The van der Waals surface area contributed by atoms with Crippen molar-refractivity contribution in [3.8, 4) is 0 Å². The van der Waals surface area contributed by atoms with Crippen LogP contribution in [0.5, 0.6) is 0 Å². The van der Waals surface area contributed by atoms with Crippen LogP contribution in [-0.4, -0.2) is 51.5 Å². The summed E-state index contributed by atoms with van der Waals surface area (Å²) in [7, 11) is -2.82. The Hall–Kier alpha value is -0.880. The molecule has 0 aliphatic rings. The largest absolute Gasteiger partial charge is 0.476 e. The van der Waals surface area contributed by atoms with E-state index in [-0.39, 0.29) is 12.8 Å². The Kier molecular flexibility index (Phi) is 30.1. The quantitative estimate of drug-likeness (QED) is 0.0276. The first-order valence-corrected chi connectivity index (χ1v) is 20.0. The molecule has 0 saturated carbocycles. The van der Waals surface area contributed by atoms with Gasteiger partial charge in [-0.15, -0.1) is 0 Å². The van der Waals surface area contributed by atoms with E-state index in [1.54, 1.807) is 0 Å². The molecule has 0 aliphatic carbocycles. The molecule has 0 aromatic heterocycles. The highest BCUT2D eigenvalue weighted by molar-refractivity contribution is 7.47. The van der Waals surface area contributed by atoms with Crippen LogP contribution in [0.1, 0.15) is 194 Å². The molecule has 3 N–H and O–H groups in total. The average molecular weight is 646 g/mol. The maximum atomic E-state index is 12.9. The molecule has 8 heteroatoms. The molecule has 0 rings (SSSR count). The lowest BCUT2D eigenvalue weighted by atomic mass is 10.0. The minimum atomic E-state index is -2.82. The van der Waals surface area contributed by atoms with Crippen LogP contribution in [0, 0.1) is 0 Å². The Labute approximate surface area is 271 Å². The third-order valence-corrected chi connectivity index (χ3v) is 10.3. The second-order valence-corrected chi connectivity index (χ2v) is 14.6. The number of rotatable bonds is 34. The van der Waals surface area contributed by atoms with Gasteiger partial charge in [-0.25, -0.2) is 0 Å². The molecule has 0 saturated heterocycles. The Morgan fingerprint density at radius 2 is 0.909 bits per heavy atom. The van der Waals surface area contributed by atoms with Gasteiger partial charge in [0.2, 0.25) is 0 Å². The summed E-state index contributed by atoms with van der Waals surface area (Å²) in [5.74, 6) is -1.54. The molecule has 3 atom stereocenters. The van der Waals surface area contributed by atoms with Crippen LogP contribution in [0.3, 0.4) is 0 Å². The number of carbonyl (C=O) groups is 2. The number of esters is 1. The monoisotopic (exact) mass is 645 g/mol. The number of aliphatic hydroxyl groups is 3. The van der Waals surface area contributed by atoms with Gasteiger partial charge in [0.05, 0.1) is 6.61 Å². The first-order chi connectivity index (χ1) is 21.3. The summed E-state index contributed by atoms with van der Waals surface area (Å²) in [5, 5.41) is 29.9. The molecule has 0 amide bonds. The molecule has 0 fully saturated rings. The fourth-order valence-corrected chi connectivity index (χ4v) is 6.92. The molecule has 0 radical (unpaired) electrons. The third-order valence-electron chi connectivity index (χ3n) is 8.54. The molecule has 0 aromatic carbocycles. The number of aliphatic hydroxyl groups excluding tert-OH is 2. The van der Waals surface area contributed by atoms with Crippen LogP contribution in [0.15, 0.2) is 0 Å². The van der Waals surface area contributed by atoms with Crippen LogP contribution in [0.25, 0.3) is 0 Å². The Morgan fingerprint density at radius 3 is 1.25 bits per heavy atom. The summed E-state index contributed by atoms with van der Waals surface area (Å²) < 4.78 is 18.0. The standard InChI is InChI=1S/C36H70O7P/c1-3-5-7-9-11-13-15-17-19-21-23-25-27-29-34(39)36(41,44(42)32-33(38)31-37)43-35(40)30-28-26-24-22-20-18-16-14-12-10-8-6-4-2/h33,37-38,41H,3-32H2,1-2H3/q+1. The number of unbranched alkanes of at least 4 members (excludes halogenated alkanes) is 24. The number of carbonyl (C=O) groups excluding carboxylic acids is 2. The van der Waals surface area contributed by atoms with Crippen molar-refractivity contribution in [2.24, 2.45) is 0 Å². The predicted molar refractivity (Wildman–Crippen MR) is 182 cm³/mol. The van der Waals surface area contributed by atoms with Crippen molar-refractivity contribution in [3.63, 3.8) is 0 Å². The van der Waals surface area contributed by atoms with Gasteiger partial charge in [0.1, 0.15) is 6.10 Å². The minimum Gasteiger partial charge on any atom is -0.394 e. The minimum absolute atomic E-state index is 0.0395. The van der Waals surface area contributed by atoms with E-state index in [1.807, 2.05) is 0 Å². The maximum absolute atomic E-state index is 12.9. The van der Waals surface area contributed by atoms with Crippen molar-refractivity contribution >= 4 is 19.6 Å². The smallest absolute Gasteiger partial charge is 0.394 e. The SMILES string of the molecule is CCCCCCCCCCCCCCCC(=O)OC(O)(C(=O)CCCCCCCCCCCCCCC)[P+](=O)CC(O)CO. The van der Waals surface area contributed by atoms with E-state index in [1.165, 1.54) is 116 Å². The van der Waals surface area contributed by atoms with Crippen molar-refractivity contribution in [3.05, 3.63) is 0 Å². The number of Topliss-reactive ketones (excluding diaryl/α,β-unsaturated/α-hetero) is 1. The van der Waals surface area contributed by atoms with Gasteiger partial charge in [0.15, 0.2) is 6.16 Å². The Balaban J connectivity index is 4.28. The van der Waals surface area contributed by atoms with Crippen molar-refractivity contribution in [1.29, 1.82) is 0 Å². The van der Waals surface area contributed by atoms with Gasteiger partial charge in [-0.2, -0.15) is 0 Å². The van der Waals surface area contributed by atoms with E-state index in [0.29, 0.717) is 12.8 Å². The molecule has 0 aliphatic heterocycles. The van der Waals surface area contributed by atoms with Gasteiger partial charge in [0, 0.05) is 12.8 Å². The molecule has 0 spiro atoms. The van der Waals surface area contributed by atoms with Crippen LogP contribution >= 0.6 is 7.80 Å². The zero-order valence-electron chi connectivity index (χ0n) is 28.7. The Morgan fingerprint density at radius 1 is 0.591 bits per heavy atom. The summed E-state index contributed by atoms with van der Waals surface area (Å²) in [6.07, 6.45) is 28.4. The van der Waals surface area contributed by atoms with Gasteiger partial charge < -0.3 is 20.1 Å². The first-order valence-electron chi connectivity index (χ1n) is 18.5. The maximum Gasteiger partial charge on any atom is 0.476 e. The molecule has 0 heterocycles. The van der Waals surface area contributed by atoms with E-state index in [0.717, 1.165) is 38.5 Å². The second-order valence-electron chi connectivity index (χ2n) is 12.9. The number of ketones is 1. The second kappa shape index (κ2) is 30.8. The average Bonchev–Trinajstić information content (AvgIpc) is 3.01. The van der Waals surface area contributed by atoms with Gasteiger partial charge >= 0.3 is 19.3 Å². The van der Waals surface area contributed by atoms with Crippen molar-refractivity contribution in [1.82, 2.24) is 0 Å². The van der Waals surface area contributed by atoms with Gasteiger partial charge in [0.25, 0.3) is 5.78 Å². The molecular weight excluding hydrogens is 575 g/mol. The first kappa shape index (κ1) is 43.1. The number of ether oxygens (including phenoxy) is 1. The molecule has 260 valence electrons. The fraction of sp³-hybridized carbons (Fsp3) is 0.944. The molecular formula is C36H70O7P+. The van der Waals surface area contributed by atoms with Crippen molar-refractivity contribution in [2.45, 2.75) is 205 Å². The van der Waals surface area contributed by atoms with Crippen LogP contribution in [-0.2, 0) is 18.9 Å². The highest BCUT2D eigenvalue weighted by Crippen LogP contribution is 2.41. The normalized spacial score (nSPS) is 13.9. The van der Waals surface area contributed by atoms with E-state index >= 15 is 0 Å². The highest BCUT2D eigenvalue weighted by atomic mass is 31.1. The summed E-state index contributed by atoms with van der Waals surface area (Å²) in [6.45, 7) is 3.82. The van der Waals surface area contributed by atoms with E-state index < -0.39 is 44.0 Å². The zero-order chi connectivity index (χ0) is 32.7. The summed E-state index contributed by atoms with van der Waals surface area (Å²) >= 11 is 0. The fourth-order valence-electron chi connectivity index (χ4n) is 5.58. The number of hydrogen-bond acceptors (Lipinski definition) is 7. The molecule has 3 unspecified atom stereocenters. The van der Waals surface area contributed by atoms with Gasteiger partial charge in [-0.1, -0.05) is 173 Å². The van der Waals surface area contributed by atoms with Crippen LogP contribution in [0.2, 0.25) is 0 Å².